The number of nitrogens with zero attached hydrogens (tertiary/aromatic N) is 1. The molecule has 0 aliphatic rings. The highest BCUT2D eigenvalue weighted by molar-refractivity contribution is 6.02. The van der Waals surface area contributed by atoms with Crippen LogP contribution in [0.1, 0.15) is 27.9 Å². The fourth-order valence-electron chi connectivity index (χ4n) is 0.944. The standard InChI is InChI=1S/C8H11N3O3/c1-3-14-8(13)6-5(7(12)9-2)10-4-11-6/h4H,3H2,1-2H3,(H,9,12)(H,10,11). The number of hydrogen-bond donors (Lipinski definition) is 2. The van der Waals surface area contributed by atoms with Gasteiger partial charge in [-0.1, -0.05) is 0 Å². The molecule has 0 fully saturated rings. The average molecular weight is 197 g/mol. The van der Waals surface area contributed by atoms with Gasteiger partial charge in [0.1, 0.15) is 0 Å². The van der Waals surface area contributed by atoms with Crippen molar-refractivity contribution in [2.45, 2.75) is 6.92 Å². The summed E-state index contributed by atoms with van der Waals surface area (Å²) in [6.45, 7) is 1.94. The summed E-state index contributed by atoms with van der Waals surface area (Å²) >= 11 is 0. The normalized spacial score (nSPS) is 9.57. The Morgan fingerprint density at radius 3 is 2.93 bits per heavy atom. The molecule has 1 aromatic rings. The van der Waals surface area contributed by atoms with E-state index in [2.05, 4.69) is 15.3 Å². The van der Waals surface area contributed by atoms with E-state index in [4.69, 9.17) is 4.74 Å². The number of carbonyl (C=O) groups is 2. The van der Waals surface area contributed by atoms with Gasteiger partial charge in [-0.05, 0) is 6.92 Å². The van der Waals surface area contributed by atoms with Crippen molar-refractivity contribution in [3.63, 3.8) is 0 Å². The zero-order valence-electron chi connectivity index (χ0n) is 7.96. The summed E-state index contributed by atoms with van der Waals surface area (Å²) in [4.78, 5) is 28.8. The van der Waals surface area contributed by atoms with E-state index in [9.17, 15) is 9.59 Å². The number of hydrogen-bond acceptors (Lipinski definition) is 4. The third kappa shape index (κ3) is 1.90. The van der Waals surface area contributed by atoms with Crippen LogP contribution in [0.15, 0.2) is 6.33 Å². The lowest BCUT2D eigenvalue weighted by atomic mass is 10.3. The van der Waals surface area contributed by atoms with Crippen LogP contribution in [0.25, 0.3) is 0 Å². The number of aromatic amines is 1. The van der Waals surface area contributed by atoms with E-state index in [0.29, 0.717) is 0 Å². The minimum absolute atomic E-state index is 0.0472. The molecule has 0 atom stereocenters. The van der Waals surface area contributed by atoms with Gasteiger partial charge in [-0.2, -0.15) is 0 Å². The second kappa shape index (κ2) is 4.40. The molecule has 14 heavy (non-hydrogen) atoms. The van der Waals surface area contributed by atoms with E-state index in [1.54, 1.807) is 6.92 Å². The van der Waals surface area contributed by atoms with Gasteiger partial charge in [-0.25, -0.2) is 9.78 Å². The number of amides is 1. The van der Waals surface area contributed by atoms with Crippen LogP contribution in [0, 0.1) is 0 Å². The first kappa shape index (κ1) is 10.2. The number of imidazole rings is 1. The van der Waals surface area contributed by atoms with Crippen LogP contribution in [0.3, 0.4) is 0 Å². The Hall–Kier alpha value is -1.85. The highest BCUT2D eigenvalue weighted by Crippen LogP contribution is 2.04. The predicted octanol–water partition coefficient (Wildman–Crippen LogP) is -0.0540. The average Bonchev–Trinajstić information content (AvgIpc) is 2.65. The summed E-state index contributed by atoms with van der Waals surface area (Å²) in [6.07, 6.45) is 1.27. The van der Waals surface area contributed by atoms with Crippen molar-refractivity contribution in [1.82, 2.24) is 15.3 Å². The predicted molar refractivity (Wildman–Crippen MR) is 47.9 cm³/mol. The van der Waals surface area contributed by atoms with Gasteiger partial charge in [0.25, 0.3) is 5.91 Å². The lowest BCUT2D eigenvalue weighted by Gasteiger charge is -2.00. The lowest BCUT2D eigenvalue weighted by Crippen LogP contribution is -2.21. The monoisotopic (exact) mass is 197 g/mol. The van der Waals surface area contributed by atoms with Gasteiger partial charge >= 0.3 is 5.97 Å². The summed E-state index contributed by atoms with van der Waals surface area (Å²) < 4.78 is 4.73. The van der Waals surface area contributed by atoms with Crippen LogP contribution in [0.5, 0.6) is 0 Å². The van der Waals surface area contributed by atoms with Crippen molar-refractivity contribution < 1.29 is 14.3 Å². The topological polar surface area (TPSA) is 84.1 Å². The molecule has 2 N–H and O–H groups in total. The van der Waals surface area contributed by atoms with E-state index < -0.39 is 11.9 Å². The number of H-pyrrole nitrogens is 1. The smallest absolute Gasteiger partial charge is 0.357 e. The Kier molecular flexibility index (Phi) is 3.22. The molecular formula is C8H11N3O3. The molecule has 1 heterocycles. The van der Waals surface area contributed by atoms with E-state index in [1.807, 2.05) is 0 Å². The van der Waals surface area contributed by atoms with Crippen LogP contribution < -0.4 is 5.32 Å². The van der Waals surface area contributed by atoms with Crippen molar-refractivity contribution in [2.24, 2.45) is 0 Å². The van der Waals surface area contributed by atoms with E-state index in [0.717, 1.165) is 0 Å². The second-order valence-corrected chi connectivity index (χ2v) is 2.43. The maximum absolute atomic E-state index is 11.3. The van der Waals surface area contributed by atoms with Crippen molar-refractivity contribution >= 4 is 11.9 Å². The van der Waals surface area contributed by atoms with Crippen LogP contribution in [0.2, 0.25) is 0 Å². The van der Waals surface area contributed by atoms with Crippen LogP contribution in [-0.2, 0) is 4.74 Å². The highest BCUT2D eigenvalue weighted by atomic mass is 16.5. The fraction of sp³-hybridized carbons (Fsp3) is 0.375. The van der Waals surface area contributed by atoms with Crippen LogP contribution >= 0.6 is 0 Å². The molecule has 1 amide bonds. The number of carbonyl (C=O) groups excluding carboxylic acids is 2. The SMILES string of the molecule is CCOC(=O)c1[nH]cnc1C(=O)NC. The van der Waals surface area contributed by atoms with E-state index in [-0.39, 0.29) is 18.0 Å². The van der Waals surface area contributed by atoms with Crippen molar-refractivity contribution in [3.05, 3.63) is 17.7 Å². The zero-order chi connectivity index (χ0) is 10.6. The summed E-state index contributed by atoms with van der Waals surface area (Å²) in [6, 6.07) is 0. The van der Waals surface area contributed by atoms with Crippen molar-refractivity contribution in [2.75, 3.05) is 13.7 Å². The molecule has 0 bridgehead atoms. The molecule has 1 aromatic heterocycles. The zero-order valence-corrected chi connectivity index (χ0v) is 7.96. The number of rotatable bonds is 3. The van der Waals surface area contributed by atoms with Gasteiger partial charge < -0.3 is 15.0 Å². The molecule has 0 saturated heterocycles. The summed E-state index contributed by atoms with van der Waals surface area (Å²) in [7, 11) is 1.46. The molecule has 0 unspecified atom stereocenters. The molecule has 0 aromatic carbocycles. The third-order valence-corrected chi connectivity index (χ3v) is 1.56. The first-order chi connectivity index (χ1) is 6.70. The molecule has 0 aliphatic heterocycles. The van der Waals surface area contributed by atoms with Crippen molar-refractivity contribution in [3.8, 4) is 0 Å². The Morgan fingerprint density at radius 2 is 2.36 bits per heavy atom. The maximum Gasteiger partial charge on any atom is 0.357 e. The number of esters is 1. The minimum Gasteiger partial charge on any atom is -0.461 e. The Bertz CT molecular complexity index is 345. The molecule has 0 saturated carbocycles. The van der Waals surface area contributed by atoms with Crippen molar-refractivity contribution in [1.29, 1.82) is 0 Å². The summed E-state index contributed by atoms with van der Waals surface area (Å²) in [5, 5.41) is 2.38. The molecule has 76 valence electrons. The first-order valence-electron chi connectivity index (χ1n) is 4.13. The van der Waals surface area contributed by atoms with Crippen LogP contribution in [-0.4, -0.2) is 35.5 Å². The van der Waals surface area contributed by atoms with E-state index in [1.165, 1.54) is 13.4 Å². The molecule has 6 heteroatoms. The largest absolute Gasteiger partial charge is 0.461 e. The summed E-state index contributed by atoms with van der Waals surface area (Å²) in [5.41, 5.74) is 0.122. The Morgan fingerprint density at radius 1 is 1.64 bits per heavy atom. The summed E-state index contributed by atoms with van der Waals surface area (Å²) in [5.74, 6) is -1.00. The third-order valence-electron chi connectivity index (χ3n) is 1.56. The first-order valence-corrected chi connectivity index (χ1v) is 4.13. The molecule has 0 spiro atoms. The van der Waals surface area contributed by atoms with Gasteiger partial charge in [0.2, 0.25) is 0 Å². The van der Waals surface area contributed by atoms with Crippen LogP contribution in [0.4, 0.5) is 0 Å². The molecule has 0 radical (unpaired) electrons. The number of aromatic nitrogens is 2. The van der Waals surface area contributed by atoms with Gasteiger partial charge in [-0.3, -0.25) is 4.79 Å². The molecule has 6 nitrogen and oxygen atoms in total. The van der Waals surface area contributed by atoms with Gasteiger partial charge in [0.05, 0.1) is 12.9 Å². The quantitative estimate of drug-likeness (QED) is 0.665. The fourth-order valence-corrected chi connectivity index (χ4v) is 0.944. The highest BCUT2D eigenvalue weighted by Gasteiger charge is 2.19. The van der Waals surface area contributed by atoms with Gasteiger partial charge in [0.15, 0.2) is 11.4 Å². The lowest BCUT2D eigenvalue weighted by molar-refractivity contribution is 0.0516. The van der Waals surface area contributed by atoms with Gasteiger partial charge in [0, 0.05) is 7.05 Å². The Labute approximate surface area is 80.7 Å². The number of nitrogens with one attached hydrogen (secondary N) is 2. The second-order valence-electron chi connectivity index (χ2n) is 2.43. The maximum atomic E-state index is 11.3. The molecule has 0 aliphatic carbocycles. The molecule has 1 rings (SSSR count). The van der Waals surface area contributed by atoms with Gasteiger partial charge in [-0.15, -0.1) is 0 Å². The molecular weight excluding hydrogens is 186 g/mol. The minimum atomic E-state index is -0.580. The number of ether oxygens (including phenoxy) is 1. The van der Waals surface area contributed by atoms with E-state index >= 15 is 0 Å². The Balaban J connectivity index is 2.92.